The van der Waals surface area contributed by atoms with E-state index < -0.39 is 11.9 Å². The fourth-order valence-corrected chi connectivity index (χ4v) is 2.57. The van der Waals surface area contributed by atoms with E-state index in [1.165, 1.54) is 0 Å². The van der Waals surface area contributed by atoms with Gasteiger partial charge in [-0.1, -0.05) is 23.7 Å². The summed E-state index contributed by atoms with van der Waals surface area (Å²) in [6.07, 6.45) is 0.976. The third-order valence-corrected chi connectivity index (χ3v) is 3.67. The summed E-state index contributed by atoms with van der Waals surface area (Å²) in [6, 6.07) is 6.16. The van der Waals surface area contributed by atoms with Gasteiger partial charge in [0, 0.05) is 18.9 Å². The lowest BCUT2D eigenvalue weighted by Crippen LogP contribution is -2.39. The number of amides is 2. The Morgan fingerprint density at radius 3 is 2.70 bits per heavy atom. The molecule has 1 atom stereocenters. The molecule has 1 aromatic carbocycles. The molecule has 0 bridgehead atoms. The Bertz CT molecular complexity index is 558. The van der Waals surface area contributed by atoms with Crippen LogP contribution >= 0.6 is 11.6 Å². The van der Waals surface area contributed by atoms with Crippen molar-refractivity contribution in [2.24, 2.45) is 0 Å². The number of nitrogens with zero attached hydrogens (tertiary/aromatic N) is 1. The summed E-state index contributed by atoms with van der Waals surface area (Å²) in [4.78, 5) is 36.1. The second-order valence-electron chi connectivity index (χ2n) is 4.67. The maximum absolute atomic E-state index is 12.4. The van der Waals surface area contributed by atoms with E-state index in [0.29, 0.717) is 6.42 Å². The number of benzene rings is 1. The van der Waals surface area contributed by atoms with Crippen LogP contribution in [0.4, 0.5) is 0 Å². The molecule has 20 heavy (non-hydrogen) atoms. The number of rotatable bonds is 4. The molecule has 1 unspecified atom stereocenters. The predicted molar refractivity (Wildman–Crippen MR) is 72.5 cm³/mol. The highest BCUT2D eigenvalue weighted by Gasteiger charge is 2.36. The van der Waals surface area contributed by atoms with Gasteiger partial charge in [-0.25, -0.2) is 0 Å². The minimum atomic E-state index is -0.936. The summed E-state index contributed by atoms with van der Waals surface area (Å²) >= 11 is 5.97. The molecule has 0 saturated carbocycles. The highest BCUT2D eigenvalue weighted by molar-refractivity contribution is 6.34. The molecule has 1 heterocycles. The highest BCUT2D eigenvalue weighted by Crippen LogP contribution is 2.27. The van der Waals surface area contributed by atoms with E-state index in [2.05, 4.69) is 0 Å². The first kappa shape index (κ1) is 14.5. The number of carboxylic acid groups (broad SMARTS) is 1. The average Bonchev–Trinajstić information content (AvgIpc) is 2.77. The van der Waals surface area contributed by atoms with Crippen molar-refractivity contribution in [1.29, 1.82) is 0 Å². The molecule has 106 valence electrons. The van der Waals surface area contributed by atoms with Crippen LogP contribution in [0.3, 0.4) is 0 Å². The summed E-state index contributed by atoms with van der Waals surface area (Å²) in [5, 5.41) is 9.00. The fraction of sp³-hybridized carbons (Fsp3) is 0.357. The first-order valence-electron chi connectivity index (χ1n) is 6.33. The van der Waals surface area contributed by atoms with E-state index in [1.807, 2.05) is 0 Å². The minimum Gasteiger partial charge on any atom is -0.481 e. The van der Waals surface area contributed by atoms with Gasteiger partial charge < -0.3 is 5.11 Å². The number of carboxylic acids is 1. The number of hydrogen-bond acceptors (Lipinski definition) is 3. The molecule has 1 aromatic rings. The Kier molecular flexibility index (Phi) is 4.39. The first-order chi connectivity index (χ1) is 9.50. The van der Waals surface area contributed by atoms with Crippen molar-refractivity contribution in [3.05, 3.63) is 34.9 Å². The zero-order valence-electron chi connectivity index (χ0n) is 10.7. The zero-order valence-corrected chi connectivity index (χ0v) is 11.5. The summed E-state index contributed by atoms with van der Waals surface area (Å²) in [5.74, 6) is -1.66. The van der Waals surface area contributed by atoms with Gasteiger partial charge in [0.1, 0.15) is 0 Å². The number of aliphatic carboxylic acids is 1. The van der Waals surface area contributed by atoms with E-state index in [-0.39, 0.29) is 41.8 Å². The number of halogens is 1. The summed E-state index contributed by atoms with van der Waals surface area (Å²) in [6.45, 7) is 0. The van der Waals surface area contributed by atoms with Crippen LogP contribution in [0.5, 0.6) is 0 Å². The lowest BCUT2D eigenvalue weighted by molar-refractivity contribution is -0.137. The molecule has 0 radical (unpaired) electrons. The molecule has 1 aliphatic rings. The third-order valence-electron chi connectivity index (χ3n) is 3.34. The molecule has 1 N–H and O–H groups in total. The van der Waals surface area contributed by atoms with Crippen LogP contribution in [0.2, 0.25) is 5.02 Å². The average molecular weight is 296 g/mol. The van der Waals surface area contributed by atoms with Crippen LogP contribution < -0.4 is 0 Å². The smallest absolute Gasteiger partial charge is 0.303 e. The molecular formula is C14H14ClNO4. The molecule has 0 aliphatic carbocycles. The standard InChI is InChI=1S/C14H14ClNO4/c15-11-4-2-1-3-10(11)14(20)16-9(5-7-12(16)17)6-8-13(18)19/h1-4,9H,5-8H2,(H,18,19). The maximum atomic E-state index is 12.4. The Hall–Kier alpha value is -1.88. The minimum absolute atomic E-state index is 0.0652. The number of hydrogen-bond donors (Lipinski definition) is 1. The van der Waals surface area contributed by atoms with Crippen LogP contribution in [-0.2, 0) is 9.59 Å². The lowest BCUT2D eigenvalue weighted by Gasteiger charge is -2.23. The maximum Gasteiger partial charge on any atom is 0.303 e. The summed E-state index contributed by atoms with van der Waals surface area (Å²) in [7, 11) is 0. The Morgan fingerprint density at radius 2 is 2.05 bits per heavy atom. The van der Waals surface area contributed by atoms with Crippen molar-refractivity contribution in [1.82, 2.24) is 4.90 Å². The molecule has 6 heteroatoms. The van der Waals surface area contributed by atoms with Crippen molar-refractivity contribution < 1.29 is 19.5 Å². The van der Waals surface area contributed by atoms with Gasteiger partial charge in [0.25, 0.3) is 5.91 Å². The highest BCUT2D eigenvalue weighted by atomic mass is 35.5. The fourth-order valence-electron chi connectivity index (χ4n) is 2.35. The molecule has 0 spiro atoms. The van der Waals surface area contributed by atoms with Gasteiger partial charge in [-0.2, -0.15) is 0 Å². The normalized spacial score (nSPS) is 18.4. The molecular weight excluding hydrogens is 282 g/mol. The van der Waals surface area contributed by atoms with E-state index in [9.17, 15) is 14.4 Å². The SMILES string of the molecule is O=C(O)CCC1CCC(=O)N1C(=O)c1ccccc1Cl. The monoisotopic (exact) mass is 295 g/mol. The molecule has 0 aromatic heterocycles. The summed E-state index contributed by atoms with van der Waals surface area (Å²) < 4.78 is 0. The second-order valence-corrected chi connectivity index (χ2v) is 5.08. The Labute approximate surface area is 121 Å². The lowest BCUT2D eigenvalue weighted by atomic mass is 10.1. The van der Waals surface area contributed by atoms with Crippen molar-refractivity contribution >= 4 is 29.4 Å². The Balaban J connectivity index is 2.19. The number of likely N-dealkylation sites (tertiary alicyclic amines) is 1. The van der Waals surface area contributed by atoms with Crippen LogP contribution in [0, 0.1) is 0 Å². The third kappa shape index (κ3) is 2.99. The topological polar surface area (TPSA) is 74.7 Å². The summed E-state index contributed by atoms with van der Waals surface area (Å²) in [5.41, 5.74) is 0.268. The molecule has 1 aliphatic heterocycles. The van der Waals surface area contributed by atoms with Gasteiger partial charge in [0.2, 0.25) is 5.91 Å². The predicted octanol–water partition coefficient (Wildman–Crippen LogP) is 2.34. The molecule has 1 fully saturated rings. The second kappa shape index (κ2) is 6.05. The van der Waals surface area contributed by atoms with Gasteiger partial charge in [-0.05, 0) is 25.0 Å². The molecule has 2 rings (SSSR count). The van der Waals surface area contributed by atoms with Gasteiger partial charge in [0.05, 0.1) is 10.6 Å². The van der Waals surface area contributed by atoms with Crippen molar-refractivity contribution in [2.75, 3.05) is 0 Å². The largest absolute Gasteiger partial charge is 0.481 e. The number of carbonyl (C=O) groups is 3. The Morgan fingerprint density at radius 1 is 1.35 bits per heavy atom. The van der Waals surface area contributed by atoms with Gasteiger partial charge in [-0.15, -0.1) is 0 Å². The van der Waals surface area contributed by atoms with E-state index in [1.54, 1.807) is 24.3 Å². The molecule has 1 saturated heterocycles. The zero-order chi connectivity index (χ0) is 14.7. The number of imide groups is 1. The van der Waals surface area contributed by atoms with Crippen LogP contribution in [-0.4, -0.2) is 33.8 Å². The van der Waals surface area contributed by atoms with Crippen molar-refractivity contribution in [2.45, 2.75) is 31.7 Å². The van der Waals surface area contributed by atoms with Gasteiger partial charge >= 0.3 is 5.97 Å². The van der Waals surface area contributed by atoms with E-state index in [4.69, 9.17) is 16.7 Å². The van der Waals surface area contributed by atoms with Gasteiger partial charge in [0.15, 0.2) is 0 Å². The molecule has 2 amide bonds. The van der Waals surface area contributed by atoms with Crippen LogP contribution in [0.1, 0.15) is 36.0 Å². The first-order valence-corrected chi connectivity index (χ1v) is 6.71. The van der Waals surface area contributed by atoms with Crippen LogP contribution in [0.15, 0.2) is 24.3 Å². The van der Waals surface area contributed by atoms with Crippen LogP contribution in [0.25, 0.3) is 0 Å². The van der Waals surface area contributed by atoms with E-state index >= 15 is 0 Å². The number of carbonyl (C=O) groups excluding carboxylic acids is 2. The van der Waals surface area contributed by atoms with Crippen molar-refractivity contribution in [3.8, 4) is 0 Å². The quantitative estimate of drug-likeness (QED) is 0.865. The van der Waals surface area contributed by atoms with Gasteiger partial charge in [-0.3, -0.25) is 19.3 Å². The van der Waals surface area contributed by atoms with E-state index in [0.717, 1.165) is 4.90 Å². The molecule has 5 nitrogen and oxygen atoms in total. The van der Waals surface area contributed by atoms with Crippen molar-refractivity contribution in [3.63, 3.8) is 0 Å².